The Bertz CT molecular complexity index is 821. The van der Waals surface area contributed by atoms with E-state index in [4.69, 9.17) is 9.47 Å². The van der Waals surface area contributed by atoms with Crippen molar-refractivity contribution in [2.75, 3.05) is 12.4 Å². The van der Waals surface area contributed by atoms with Crippen LogP contribution in [-0.4, -0.2) is 30.0 Å². The molecule has 2 rings (SSSR count). The van der Waals surface area contributed by atoms with Crippen LogP contribution in [0.25, 0.3) is 0 Å². The number of methoxy groups -OCH3 is 1. The molecule has 0 fully saturated rings. The number of nitrogens with zero attached hydrogens (tertiary/aromatic N) is 1. The topological polar surface area (TPSA) is 108 Å². The third kappa shape index (κ3) is 4.87. The van der Waals surface area contributed by atoms with Crippen LogP contribution in [0.5, 0.6) is 0 Å². The van der Waals surface area contributed by atoms with Gasteiger partial charge in [0.2, 0.25) is 0 Å². The molecular weight excluding hydrogens is 340 g/mol. The maximum atomic E-state index is 12.2. The average Bonchev–Trinajstić information content (AvgIpc) is 2.62. The minimum atomic E-state index is -1.13. The molecule has 26 heavy (non-hydrogen) atoms. The Kier molecular flexibility index (Phi) is 6.40. The number of amides is 1. The maximum Gasteiger partial charge on any atom is 0.338 e. The molecule has 2 aromatic rings. The summed E-state index contributed by atoms with van der Waals surface area (Å²) in [5.74, 6) is -1.34. The predicted molar refractivity (Wildman–Crippen MR) is 93.8 cm³/mol. The molecule has 8 nitrogen and oxygen atoms in total. The van der Waals surface area contributed by atoms with Gasteiger partial charge in [-0.05, 0) is 30.7 Å². The van der Waals surface area contributed by atoms with E-state index in [0.717, 1.165) is 5.56 Å². The van der Waals surface area contributed by atoms with Gasteiger partial charge in [0.1, 0.15) is 5.69 Å². The van der Waals surface area contributed by atoms with Crippen molar-refractivity contribution < 1.29 is 24.0 Å². The molecule has 1 amide bonds. The van der Waals surface area contributed by atoms with Crippen LogP contribution in [0.4, 0.5) is 11.4 Å². The number of benzene rings is 2. The molecule has 1 atom stereocenters. The molecule has 0 unspecified atom stereocenters. The molecule has 0 aliphatic heterocycles. The van der Waals surface area contributed by atoms with Crippen LogP contribution in [0, 0.1) is 10.1 Å². The molecule has 0 saturated heterocycles. The highest BCUT2D eigenvalue weighted by Gasteiger charge is 2.22. The number of hydrogen-bond donors (Lipinski definition) is 1. The van der Waals surface area contributed by atoms with E-state index in [1.807, 2.05) is 0 Å². The highest BCUT2D eigenvalue weighted by molar-refractivity contribution is 5.98. The number of hydrogen-bond acceptors (Lipinski definition) is 6. The molecule has 0 aliphatic rings. The number of carbonyl (C=O) groups is 2. The summed E-state index contributed by atoms with van der Waals surface area (Å²) in [4.78, 5) is 34.8. The van der Waals surface area contributed by atoms with Gasteiger partial charge in [0.05, 0.1) is 17.1 Å². The van der Waals surface area contributed by atoms with E-state index in [-0.39, 0.29) is 16.9 Å². The van der Waals surface area contributed by atoms with Crippen LogP contribution in [-0.2, 0) is 20.9 Å². The molecule has 2 aromatic carbocycles. The summed E-state index contributed by atoms with van der Waals surface area (Å²) in [5, 5.41) is 13.4. The Morgan fingerprint density at radius 3 is 2.62 bits per heavy atom. The van der Waals surface area contributed by atoms with Crippen LogP contribution < -0.4 is 5.32 Å². The smallest absolute Gasteiger partial charge is 0.338 e. The number of nitrogens with one attached hydrogen (secondary N) is 1. The lowest BCUT2D eigenvalue weighted by atomic mass is 10.1. The minimum Gasteiger partial charge on any atom is -0.449 e. The summed E-state index contributed by atoms with van der Waals surface area (Å²) in [6.45, 7) is 1.73. The molecule has 0 spiro atoms. The Morgan fingerprint density at radius 1 is 1.19 bits per heavy atom. The first-order valence-electron chi connectivity index (χ1n) is 7.75. The molecule has 136 valence electrons. The molecule has 0 radical (unpaired) electrons. The highest BCUT2D eigenvalue weighted by Crippen LogP contribution is 2.23. The molecule has 1 N–H and O–H groups in total. The summed E-state index contributed by atoms with van der Waals surface area (Å²) < 4.78 is 10.1. The lowest BCUT2D eigenvalue weighted by Gasteiger charge is -2.14. The number of nitro groups is 1. The van der Waals surface area contributed by atoms with Gasteiger partial charge in [-0.3, -0.25) is 14.9 Å². The lowest BCUT2D eigenvalue weighted by Crippen LogP contribution is -2.30. The Labute approximate surface area is 149 Å². The second kappa shape index (κ2) is 8.72. The summed E-state index contributed by atoms with van der Waals surface area (Å²) in [7, 11) is 1.54. The van der Waals surface area contributed by atoms with Gasteiger partial charge in [-0.15, -0.1) is 0 Å². The van der Waals surface area contributed by atoms with Gasteiger partial charge in [0.25, 0.3) is 11.6 Å². The quantitative estimate of drug-likeness (QED) is 0.463. The number of anilines is 1. The van der Waals surface area contributed by atoms with E-state index in [0.29, 0.717) is 6.61 Å². The number of carbonyl (C=O) groups excluding carboxylic acids is 2. The van der Waals surface area contributed by atoms with E-state index in [1.54, 1.807) is 37.4 Å². The zero-order valence-electron chi connectivity index (χ0n) is 14.3. The summed E-state index contributed by atoms with van der Waals surface area (Å²) >= 11 is 0. The van der Waals surface area contributed by atoms with Crippen LogP contribution in [0.1, 0.15) is 22.8 Å². The van der Waals surface area contributed by atoms with Gasteiger partial charge < -0.3 is 14.8 Å². The Morgan fingerprint density at radius 2 is 1.92 bits per heavy atom. The summed E-state index contributed by atoms with van der Waals surface area (Å²) in [6.07, 6.45) is -1.13. The molecule has 0 heterocycles. The first-order valence-corrected chi connectivity index (χ1v) is 7.75. The minimum absolute atomic E-state index is 0.0347. The Balaban J connectivity index is 2.04. The highest BCUT2D eigenvalue weighted by atomic mass is 16.6. The zero-order valence-corrected chi connectivity index (χ0v) is 14.3. The van der Waals surface area contributed by atoms with Gasteiger partial charge in [0.15, 0.2) is 6.10 Å². The van der Waals surface area contributed by atoms with Gasteiger partial charge in [-0.2, -0.15) is 0 Å². The molecule has 0 aliphatic carbocycles. The second-order valence-corrected chi connectivity index (χ2v) is 5.44. The van der Waals surface area contributed by atoms with Crippen molar-refractivity contribution in [2.24, 2.45) is 0 Å². The monoisotopic (exact) mass is 358 g/mol. The standard InChI is InChI=1S/C18H18N2O6/c1-12(17(21)19-15-8-3-4-9-16(15)20(23)24)26-18(22)14-7-5-6-13(10-14)11-25-2/h3-10,12H,11H2,1-2H3,(H,19,21)/t12-/m0/s1. The Hall–Kier alpha value is -3.26. The molecule has 0 bridgehead atoms. The van der Waals surface area contributed by atoms with E-state index in [1.165, 1.54) is 25.1 Å². The fourth-order valence-corrected chi connectivity index (χ4v) is 2.21. The van der Waals surface area contributed by atoms with Gasteiger partial charge >= 0.3 is 5.97 Å². The van der Waals surface area contributed by atoms with Gasteiger partial charge in [-0.25, -0.2) is 4.79 Å². The maximum absolute atomic E-state index is 12.2. The van der Waals surface area contributed by atoms with E-state index >= 15 is 0 Å². The van der Waals surface area contributed by atoms with Crippen LogP contribution in [0.15, 0.2) is 48.5 Å². The number of rotatable bonds is 7. The normalized spacial score (nSPS) is 11.5. The van der Waals surface area contributed by atoms with Crippen molar-refractivity contribution in [3.05, 3.63) is 69.8 Å². The number of ether oxygens (including phenoxy) is 2. The molecule has 0 saturated carbocycles. The van der Waals surface area contributed by atoms with Crippen molar-refractivity contribution in [1.29, 1.82) is 0 Å². The lowest BCUT2D eigenvalue weighted by molar-refractivity contribution is -0.383. The first-order chi connectivity index (χ1) is 12.4. The predicted octanol–water partition coefficient (Wildman–Crippen LogP) is 2.93. The number of esters is 1. The van der Waals surface area contributed by atoms with Gasteiger partial charge in [-0.1, -0.05) is 24.3 Å². The van der Waals surface area contributed by atoms with E-state index in [9.17, 15) is 19.7 Å². The first kappa shape index (κ1) is 19.1. The fourth-order valence-electron chi connectivity index (χ4n) is 2.21. The number of para-hydroxylation sites is 2. The van der Waals surface area contributed by atoms with Crippen molar-refractivity contribution in [3.8, 4) is 0 Å². The molecule has 0 aromatic heterocycles. The third-order valence-corrected chi connectivity index (χ3v) is 3.49. The largest absolute Gasteiger partial charge is 0.449 e. The van der Waals surface area contributed by atoms with Crippen LogP contribution >= 0.6 is 0 Å². The number of nitro benzene ring substituents is 1. The van der Waals surface area contributed by atoms with Gasteiger partial charge in [0, 0.05) is 13.2 Å². The van der Waals surface area contributed by atoms with Crippen LogP contribution in [0.3, 0.4) is 0 Å². The van der Waals surface area contributed by atoms with Crippen molar-refractivity contribution in [3.63, 3.8) is 0 Å². The average molecular weight is 358 g/mol. The summed E-state index contributed by atoms with van der Waals surface area (Å²) in [6, 6.07) is 12.4. The fraction of sp³-hybridized carbons (Fsp3) is 0.222. The molecular formula is C18H18N2O6. The van der Waals surface area contributed by atoms with Crippen molar-refractivity contribution in [2.45, 2.75) is 19.6 Å². The SMILES string of the molecule is COCc1cccc(C(=O)O[C@@H](C)C(=O)Nc2ccccc2[N+](=O)[O-])c1. The molecule has 8 heteroatoms. The van der Waals surface area contributed by atoms with Crippen molar-refractivity contribution in [1.82, 2.24) is 0 Å². The second-order valence-electron chi connectivity index (χ2n) is 5.44. The van der Waals surface area contributed by atoms with E-state index < -0.39 is 22.9 Å². The third-order valence-electron chi connectivity index (χ3n) is 3.49. The van der Waals surface area contributed by atoms with E-state index in [2.05, 4.69) is 5.32 Å². The van der Waals surface area contributed by atoms with Crippen molar-refractivity contribution >= 4 is 23.3 Å². The zero-order chi connectivity index (χ0) is 19.1. The summed E-state index contributed by atoms with van der Waals surface area (Å²) in [5.41, 5.74) is 0.864. The van der Waals surface area contributed by atoms with Crippen LogP contribution in [0.2, 0.25) is 0 Å².